The highest BCUT2D eigenvalue weighted by Crippen LogP contribution is 2.31. The monoisotopic (exact) mass is 461 g/mol. The quantitative estimate of drug-likeness (QED) is 0.397. The number of likely N-dealkylation sites (N-methyl/N-ethyl adjacent to an activating group) is 1. The van der Waals surface area contributed by atoms with E-state index >= 15 is 0 Å². The van der Waals surface area contributed by atoms with Crippen LogP contribution in [0.2, 0.25) is 5.02 Å². The van der Waals surface area contributed by atoms with Crippen LogP contribution in [-0.4, -0.2) is 55.2 Å². The average Bonchev–Trinajstić information content (AvgIpc) is 3.19. The van der Waals surface area contributed by atoms with Crippen molar-refractivity contribution in [3.63, 3.8) is 0 Å². The summed E-state index contributed by atoms with van der Waals surface area (Å²) >= 11 is 7.58. The summed E-state index contributed by atoms with van der Waals surface area (Å²) in [5.41, 5.74) is 0.831. The molecule has 0 fully saturated rings. The molecule has 0 unspecified atom stereocenters. The van der Waals surface area contributed by atoms with E-state index in [0.29, 0.717) is 29.1 Å². The largest absolute Gasteiger partial charge is 0.494 e. The zero-order chi connectivity index (χ0) is 22.2. The predicted molar refractivity (Wildman–Crippen MR) is 128 cm³/mol. The number of carbonyl (C=O) groups excluding carboxylic acids is 1. The van der Waals surface area contributed by atoms with Crippen LogP contribution in [0.3, 0.4) is 0 Å². The Morgan fingerprint density at radius 3 is 2.32 bits per heavy atom. The molecule has 8 heteroatoms. The molecule has 1 aromatic heterocycles. The van der Waals surface area contributed by atoms with Gasteiger partial charge in [-0.25, -0.2) is 4.98 Å². The number of carbonyl (C=O) groups is 1. The lowest BCUT2D eigenvalue weighted by molar-refractivity contribution is -0.120. The fourth-order valence-corrected chi connectivity index (χ4v) is 4.42. The molecule has 31 heavy (non-hydrogen) atoms. The van der Waals surface area contributed by atoms with Gasteiger partial charge in [0.25, 0.3) is 5.91 Å². The number of aromatic nitrogens is 1. The van der Waals surface area contributed by atoms with Crippen molar-refractivity contribution in [1.29, 1.82) is 0 Å². The van der Waals surface area contributed by atoms with Crippen LogP contribution >= 0.6 is 22.9 Å². The highest BCUT2D eigenvalue weighted by atomic mass is 35.5. The van der Waals surface area contributed by atoms with Gasteiger partial charge in [0.05, 0.1) is 16.8 Å². The van der Waals surface area contributed by atoms with Crippen LogP contribution in [0.4, 0.5) is 5.13 Å². The van der Waals surface area contributed by atoms with Gasteiger partial charge >= 0.3 is 0 Å². The van der Waals surface area contributed by atoms with Crippen molar-refractivity contribution in [3.05, 3.63) is 47.5 Å². The third kappa shape index (κ3) is 6.32. The first kappa shape index (κ1) is 23.3. The molecule has 6 nitrogen and oxygen atoms in total. The minimum Gasteiger partial charge on any atom is -0.494 e. The molecule has 166 valence electrons. The highest BCUT2D eigenvalue weighted by molar-refractivity contribution is 7.22. The topological polar surface area (TPSA) is 54.9 Å². The molecule has 0 atom stereocenters. The maximum atomic E-state index is 13.1. The van der Waals surface area contributed by atoms with Crippen LogP contribution in [0.1, 0.15) is 20.8 Å². The summed E-state index contributed by atoms with van der Waals surface area (Å²) in [6.07, 6.45) is 0. The van der Waals surface area contributed by atoms with Crippen molar-refractivity contribution in [3.8, 4) is 11.5 Å². The van der Waals surface area contributed by atoms with E-state index in [0.717, 1.165) is 35.6 Å². The summed E-state index contributed by atoms with van der Waals surface area (Å²) in [5.74, 6) is 1.26. The Morgan fingerprint density at radius 1 is 1.00 bits per heavy atom. The number of halogens is 1. The molecule has 0 spiro atoms. The second-order valence-corrected chi connectivity index (χ2v) is 8.32. The normalized spacial score (nSPS) is 11.1. The summed E-state index contributed by atoms with van der Waals surface area (Å²) in [7, 11) is 0. The van der Waals surface area contributed by atoms with Crippen LogP contribution < -0.4 is 14.4 Å². The van der Waals surface area contributed by atoms with E-state index in [9.17, 15) is 4.79 Å². The molecule has 3 aromatic rings. The minimum atomic E-state index is -0.133. The van der Waals surface area contributed by atoms with E-state index in [-0.39, 0.29) is 12.5 Å². The van der Waals surface area contributed by atoms with E-state index in [1.165, 1.54) is 11.3 Å². The number of hydrogen-bond acceptors (Lipinski definition) is 6. The van der Waals surface area contributed by atoms with Crippen molar-refractivity contribution >= 4 is 44.2 Å². The summed E-state index contributed by atoms with van der Waals surface area (Å²) in [6, 6.07) is 12.8. The van der Waals surface area contributed by atoms with E-state index in [4.69, 9.17) is 21.1 Å². The molecule has 0 aliphatic heterocycles. The van der Waals surface area contributed by atoms with Crippen LogP contribution in [0, 0.1) is 0 Å². The minimum absolute atomic E-state index is 0.0666. The van der Waals surface area contributed by atoms with E-state index in [2.05, 4.69) is 23.7 Å². The van der Waals surface area contributed by atoms with E-state index < -0.39 is 0 Å². The smallest absolute Gasteiger partial charge is 0.266 e. The van der Waals surface area contributed by atoms with Gasteiger partial charge in [0.15, 0.2) is 11.7 Å². The van der Waals surface area contributed by atoms with Gasteiger partial charge in [-0.2, -0.15) is 0 Å². The van der Waals surface area contributed by atoms with E-state index in [1.54, 1.807) is 17.0 Å². The molecule has 2 aromatic carbocycles. The van der Waals surface area contributed by atoms with Crippen LogP contribution in [0.25, 0.3) is 10.2 Å². The van der Waals surface area contributed by atoms with Gasteiger partial charge in [0, 0.05) is 18.1 Å². The van der Waals surface area contributed by atoms with Crippen molar-refractivity contribution in [2.24, 2.45) is 0 Å². The standard InChI is InChI=1S/C23H28ClN3O3S/c1-4-26(5-2)13-14-27(23-25-20-12-7-17(24)15-21(20)31-23)22(28)16-30-19-10-8-18(9-11-19)29-6-3/h7-12,15H,4-6,13-14,16H2,1-3H3. The first-order valence-electron chi connectivity index (χ1n) is 10.5. The number of rotatable bonds is 11. The Kier molecular flexibility index (Phi) is 8.51. The van der Waals surface area contributed by atoms with Gasteiger partial charge in [0.1, 0.15) is 11.5 Å². The number of nitrogens with zero attached hydrogens (tertiary/aromatic N) is 3. The second-order valence-electron chi connectivity index (χ2n) is 6.87. The van der Waals surface area contributed by atoms with Crippen LogP contribution in [0.5, 0.6) is 11.5 Å². The molecule has 1 heterocycles. The molecule has 0 bridgehead atoms. The summed E-state index contributed by atoms with van der Waals surface area (Å²) in [4.78, 5) is 21.8. The summed E-state index contributed by atoms with van der Waals surface area (Å²) < 4.78 is 12.1. The van der Waals surface area contributed by atoms with Gasteiger partial charge < -0.3 is 14.4 Å². The van der Waals surface area contributed by atoms with E-state index in [1.807, 2.05) is 37.3 Å². The third-order valence-electron chi connectivity index (χ3n) is 4.90. The number of benzene rings is 2. The Labute approximate surface area is 192 Å². The number of ether oxygens (including phenoxy) is 2. The van der Waals surface area contributed by atoms with Gasteiger partial charge in [-0.3, -0.25) is 9.69 Å². The maximum absolute atomic E-state index is 13.1. The number of hydrogen-bond donors (Lipinski definition) is 0. The molecule has 1 amide bonds. The fourth-order valence-electron chi connectivity index (χ4n) is 3.13. The zero-order valence-corrected chi connectivity index (χ0v) is 19.7. The Morgan fingerprint density at radius 2 is 1.68 bits per heavy atom. The lowest BCUT2D eigenvalue weighted by Crippen LogP contribution is -2.41. The molecular formula is C23H28ClN3O3S. The lowest BCUT2D eigenvalue weighted by atomic mass is 10.3. The molecule has 0 radical (unpaired) electrons. The summed E-state index contributed by atoms with van der Waals surface area (Å²) in [6.45, 7) is 9.86. The SMILES string of the molecule is CCOc1ccc(OCC(=O)N(CCN(CC)CC)c2nc3ccc(Cl)cc3s2)cc1. The number of amides is 1. The number of thiazole rings is 1. The maximum Gasteiger partial charge on any atom is 0.266 e. The van der Waals surface area contributed by atoms with Gasteiger partial charge in [-0.1, -0.05) is 36.8 Å². The number of anilines is 1. The average molecular weight is 462 g/mol. The van der Waals surface area contributed by atoms with Gasteiger partial charge in [-0.05, 0) is 62.5 Å². The second kappa shape index (κ2) is 11.3. The Balaban J connectivity index is 1.74. The first-order chi connectivity index (χ1) is 15.0. The van der Waals surface area contributed by atoms with Crippen LogP contribution in [-0.2, 0) is 4.79 Å². The van der Waals surface area contributed by atoms with Gasteiger partial charge in [0.2, 0.25) is 0 Å². The lowest BCUT2D eigenvalue weighted by Gasteiger charge is -2.24. The predicted octanol–water partition coefficient (Wildman–Crippen LogP) is 5.10. The van der Waals surface area contributed by atoms with Crippen molar-refractivity contribution in [1.82, 2.24) is 9.88 Å². The molecular weight excluding hydrogens is 434 g/mol. The Bertz CT molecular complexity index is 989. The molecule has 0 saturated heterocycles. The van der Waals surface area contributed by atoms with Gasteiger partial charge in [-0.15, -0.1) is 0 Å². The van der Waals surface area contributed by atoms with Crippen molar-refractivity contribution in [2.75, 3.05) is 44.3 Å². The molecule has 3 rings (SSSR count). The van der Waals surface area contributed by atoms with Crippen molar-refractivity contribution < 1.29 is 14.3 Å². The molecule has 0 aliphatic rings. The number of fused-ring (bicyclic) bond motifs is 1. The third-order valence-corrected chi connectivity index (χ3v) is 6.18. The molecule has 0 saturated carbocycles. The first-order valence-corrected chi connectivity index (χ1v) is 11.7. The zero-order valence-electron chi connectivity index (χ0n) is 18.1. The molecule has 0 aliphatic carbocycles. The fraction of sp³-hybridized carbons (Fsp3) is 0.391. The molecule has 0 N–H and O–H groups in total. The summed E-state index contributed by atoms with van der Waals surface area (Å²) in [5, 5.41) is 1.31. The highest BCUT2D eigenvalue weighted by Gasteiger charge is 2.21. The Hall–Kier alpha value is -2.35. The van der Waals surface area contributed by atoms with Crippen molar-refractivity contribution in [2.45, 2.75) is 20.8 Å². The van der Waals surface area contributed by atoms with Crippen LogP contribution in [0.15, 0.2) is 42.5 Å².